The van der Waals surface area contributed by atoms with Crippen LogP contribution in [-0.2, 0) is 41.6 Å². The molecule has 0 radical (unpaired) electrons. The molecule has 0 saturated carbocycles. The lowest BCUT2D eigenvalue weighted by Gasteiger charge is -2.24. The van der Waals surface area contributed by atoms with Crippen molar-refractivity contribution in [2.24, 2.45) is 11.8 Å². The number of allylic oxidation sites excluding steroid dienone is 2. The van der Waals surface area contributed by atoms with E-state index in [-0.39, 0.29) is 69.7 Å². The van der Waals surface area contributed by atoms with Gasteiger partial charge < -0.3 is 35.3 Å². The Kier molecular flexibility index (Phi) is 16.9. The fourth-order valence-electron chi connectivity index (χ4n) is 4.99. The number of esters is 1. The molecule has 3 amide bonds. The average molecular weight is 638 g/mol. The highest BCUT2D eigenvalue weighted by Gasteiger charge is 2.26. The molecule has 3 unspecified atom stereocenters. The lowest BCUT2D eigenvalue weighted by molar-refractivity contribution is -0.150. The van der Waals surface area contributed by atoms with Crippen LogP contribution in [0.2, 0.25) is 0 Å². The summed E-state index contributed by atoms with van der Waals surface area (Å²) < 4.78 is 16.2. The topological polar surface area (TPSA) is 152 Å². The molecule has 1 heterocycles. The van der Waals surface area contributed by atoms with Gasteiger partial charge in [0.2, 0.25) is 11.8 Å². The van der Waals surface area contributed by atoms with E-state index in [1.807, 2.05) is 72.8 Å². The number of alkyl carbamates (subject to hydrolysis) is 1. The van der Waals surface area contributed by atoms with Crippen LogP contribution in [0.1, 0.15) is 49.7 Å². The minimum absolute atomic E-state index is 0.00718. The van der Waals surface area contributed by atoms with Crippen molar-refractivity contribution >= 4 is 23.9 Å². The zero-order chi connectivity index (χ0) is 32.8. The van der Waals surface area contributed by atoms with Crippen LogP contribution >= 0.6 is 0 Å². The standard InChI is InChI=1S/C35H47N3O8/c39-20-22-44-21-19-36-32(40)24-29-15-7-8-16-30(23-27-11-3-1-4-12-27)34(42)45-26-31(38-33(29)41)17-9-10-18-37-35(43)46-25-28-13-5-2-6-14-28/h1-8,11-14,29-31,39H,9-10,15-26H2,(H,36,40)(H,37,43)(H,38,41). The van der Waals surface area contributed by atoms with E-state index in [0.29, 0.717) is 45.1 Å². The van der Waals surface area contributed by atoms with Gasteiger partial charge in [0.05, 0.1) is 37.7 Å². The molecule has 0 aromatic heterocycles. The Bertz CT molecular complexity index is 1220. The van der Waals surface area contributed by atoms with Gasteiger partial charge in [-0.1, -0.05) is 72.8 Å². The third-order valence-corrected chi connectivity index (χ3v) is 7.51. The van der Waals surface area contributed by atoms with E-state index in [4.69, 9.17) is 19.3 Å². The van der Waals surface area contributed by atoms with Gasteiger partial charge in [-0.15, -0.1) is 0 Å². The van der Waals surface area contributed by atoms with Gasteiger partial charge in [0.15, 0.2) is 0 Å². The quantitative estimate of drug-likeness (QED) is 0.124. The van der Waals surface area contributed by atoms with Crippen LogP contribution in [0.25, 0.3) is 0 Å². The van der Waals surface area contributed by atoms with E-state index >= 15 is 0 Å². The molecule has 0 bridgehead atoms. The van der Waals surface area contributed by atoms with E-state index in [1.165, 1.54) is 0 Å². The maximum Gasteiger partial charge on any atom is 0.407 e. The fourth-order valence-corrected chi connectivity index (χ4v) is 4.99. The van der Waals surface area contributed by atoms with E-state index in [1.54, 1.807) is 0 Å². The SMILES string of the molecule is O=C(CC1CC=CCC(Cc2ccccc2)C(=O)OCC(CCCCNC(=O)OCc2ccccc2)NC1=O)NCCOCCO. The van der Waals surface area contributed by atoms with Gasteiger partial charge in [-0.2, -0.15) is 0 Å². The number of cyclic esters (lactones) is 1. The number of benzene rings is 2. The average Bonchev–Trinajstić information content (AvgIpc) is 3.06. The second-order valence-corrected chi connectivity index (χ2v) is 11.2. The summed E-state index contributed by atoms with van der Waals surface area (Å²) in [4.78, 5) is 51.2. The molecular formula is C35H47N3O8. The van der Waals surface area contributed by atoms with Crippen LogP contribution < -0.4 is 16.0 Å². The van der Waals surface area contributed by atoms with E-state index in [0.717, 1.165) is 11.1 Å². The summed E-state index contributed by atoms with van der Waals surface area (Å²) in [6.45, 7) is 1.22. The summed E-state index contributed by atoms with van der Waals surface area (Å²) in [5, 5.41) is 17.3. The third kappa shape index (κ3) is 14.7. The summed E-state index contributed by atoms with van der Waals surface area (Å²) >= 11 is 0. The molecule has 11 nitrogen and oxygen atoms in total. The number of aliphatic hydroxyl groups is 1. The first-order valence-electron chi connectivity index (χ1n) is 16.0. The molecule has 1 aliphatic heterocycles. The normalized spacial score (nSPS) is 18.8. The number of nitrogens with one attached hydrogen (secondary N) is 3. The molecule has 0 spiro atoms. The first-order chi connectivity index (χ1) is 22.4. The molecule has 46 heavy (non-hydrogen) atoms. The van der Waals surface area contributed by atoms with Gasteiger partial charge in [-0.3, -0.25) is 14.4 Å². The summed E-state index contributed by atoms with van der Waals surface area (Å²) in [6, 6.07) is 18.7. The van der Waals surface area contributed by atoms with Gasteiger partial charge in [-0.05, 0) is 49.7 Å². The molecule has 11 heteroatoms. The molecule has 0 saturated heterocycles. The number of aliphatic hydroxyl groups excluding tert-OH is 1. The molecule has 250 valence electrons. The van der Waals surface area contributed by atoms with Crippen molar-refractivity contribution in [1.82, 2.24) is 16.0 Å². The molecule has 2 aromatic carbocycles. The molecule has 3 rings (SSSR count). The molecule has 0 fully saturated rings. The predicted molar refractivity (Wildman–Crippen MR) is 172 cm³/mol. The number of hydrogen-bond acceptors (Lipinski definition) is 8. The summed E-state index contributed by atoms with van der Waals surface area (Å²) in [5.41, 5.74) is 1.93. The van der Waals surface area contributed by atoms with Gasteiger partial charge in [0.1, 0.15) is 13.2 Å². The Morgan fingerprint density at radius 2 is 1.57 bits per heavy atom. The number of ether oxygens (including phenoxy) is 3. The highest BCUT2D eigenvalue weighted by Crippen LogP contribution is 2.19. The summed E-state index contributed by atoms with van der Waals surface area (Å²) in [6.07, 6.45) is 6.33. The van der Waals surface area contributed by atoms with Gasteiger partial charge in [-0.25, -0.2) is 4.79 Å². The highest BCUT2D eigenvalue weighted by molar-refractivity contribution is 5.86. The van der Waals surface area contributed by atoms with Gasteiger partial charge in [0, 0.05) is 19.5 Å². The van der Waals surface area contributed by atoms with E-state index in [2.05, 4.69) is 16.0 Å². The number of rotatable bonds is 16. The number of carbonyl (C=O) groups is 4. The summed E-state index contributed by atoms with van der Waals surface area (Å²) in [7, 11) is 0. The molecule has 0 aliphatic carbocycles. The molecule has 4 N–H and O–H groups in total. The van der Waals surface area contributed by atoms with E-state index < -0.39 is 18.1 Å². The molecule has 3 atom stereocenters. The molecule has 1 aliphatic rings. The minimum Gasteiger partial charge on any atom is -0.463 e. The van der Waals surface area contributed by atoms with Gasteiger partial charge >= 0.3 is 12.1 Å². The maximum atomic E-state index is 13.4. The van der Waals surface area contributed by atoms with Crippen LogP contribution in [0.5, 0.6) is 0 Å². The van der Waals surface area contributed by atoms with Crippen molar-refractivity contribution in [3.63, 3.8) is 0 Å². The first kappa shape index (κ1) is 36.3. The van der Waals surface area contributed by atoms with Crippen LogP contribution in [0.4, 0.5) is 4.79 Å². The largest absolute Gasteiger partial charge is 0.463 e. The van der Waals surface area contributed by atoms with Crippen molar-refractivity contribution < 1.29 is 38.5 Å². The number of amides is 3. The van der Waals surface area contributed by atoms with Crippen LogP contribution in [0, 0.1) is 11.8 Å². The minimum atomic E-state index is -0.610. The van der Waals surface area contributed by atoms with Crippen molar-refractivity contribution in [1.29, 1.82) is 0 Å². The predicted octanol–water partition coefficient (Wildman–Crippen LogP) is 3.45. The van der Waals surface area contributed by atoms with Crippen LogP contribution in [0.15, 0.2) is 72.8 Å². The maximum absolute atomic E-state index is 13.4. The lowest BCUT2D eigenvalue weighted by Crippen LogP contribution is -2.44. The third-order valence-electron chi connectivity index (χ3n) is 7.51. The Hall–Kier alpha value is -4.22. The second kappa shape index (κ2) is 21.5. The van der Waals surface area contributed by atoms with Crippen molar-refractivity contribution in [2.45, 2.75) is 57.6 Å². The van der Waals surface area contributed by atoms with Gasteiger partial charge in [0.25, 0.3) is 0 Å². The number of hydrogen-bond donors (Lipinski definition) is 4. The molecule has 2 aromatic rings. The molecular weight excluding hydrogens is 590 g/mol. The fraction of sp³-hybridized carbons (Fsp3) is 0.486. The zero-order valence-electron chi connectivity index (χ0n) is 26.4. The van der Waals surface area contributed by atoms with Crippen LogP contribution in [0.3, 0.4) is 0 Å². The Labute approximate surface area is 271 Å². The monoisotopic (exact) mass is 637 g/mol. The number of carbonyl (C=O) groups excluding carboxylic acids is 4. The first-order valence-corrected chi connectivity index (χ1v) is 16.0. The number of unbranched alkanes of at least 4 members (excludes halogenated alkanes) is 1. The Morgan fingerprint density at radius 1 is 0.870 bits per heavy atom. The smallest absolute Gasteiger partial charge is 0.407 e. The van der Waals surface area contributed by atoms with Crippen molar-refractivity contribution in [3.8, 4) is 0 Å². The zero-order valence-corrected chi connectivity index (χ0v) is 26.4. The van der Waals surface area contributed by atoms with Crippen molar-refractivity contribution in [2.75, 3.05) is 39.5 Å². The Balaban J connectivity index is 1.56. The highest BCUT2D eigenvalue weighted by atomic mass is 16.5. The Morgan fingerprint density at radius 3 is 2.28 bits per heavy atom. The van der Waals surface area contributed by atoms with E-state index in [9.17, 15) is 19.2 Å². The van der Waals surface area contributed by atoms with Crippen molar-refractivity contribution in [3.05, 3.63) is 83.9 Å². The lowest BCUT2D eigenvalue weighted by atomic mass is 9.94. The summed E-state index contributed by atoms with van der Waals surface area (Å²) in [5.74, 6) is -1.89. The van der Waals surface area contributed by atoms with Crippen LogP contribution in [-0.4, -0.2) is 74.5 Å². The second-order valence-electron chi connectivity index (χ2n) is 11.2.